The van der Waals surface area contributed by atoms with Crippen molar-refractivity contribution in [3.63, 3.8) is 0 Å². The lowest BCUT2D eigenvalue weighted by atomic mass is 10.3. The van der Waals surface area contributed by atoms with Gasteiger partial charge in [0.2, 0.25) is 0 Å². The van der Waals surface area contributed by atoms with Crippen LogP contribution in [0.1, 0.15) is 12.8 Å². The Labute approximate surface area is 62.0 Å². The summed E-state index contributed by atoms with van der Waals surface area (Å²) in [5.41, 5.74) is 0. The third kappa shape index (κ3) is 0.944. The maximum Gasteiger partial charge on any atom is 0.0747 e. The lowest BCUT2D eigenvalue weighted by Crippen LogP contribution is -2.51. The van der Waals surface area contributed by atoms with Gasteiger partial charge in [0, 0.05) is 20.1 Å². The molecule has 10 heavy (non-hydrogen) atoms. The highest BCUT2D eigenvalue weighted by Gasteiger charge is 2.30. The van der Waals surface area contributed by atoms with Crippen LogP contribution < -0.4 is 5.32 Å². The molecular formula is C7H15N3. The van der Waals surface area contributed by atoms with Gasteiger partial charge in [0.1, 0.15) is 0 Å². The molecule has 0 amide bonds. The molecule has 0 aliphatic carbocycles. The van der Waals surface area contributed by atoms with Gasteiger partial charge in [-0.2, -0.15) is 0 Å². The van der Waals surface area contributed by atoms with Crippen LogP contribution in [0.2, 0.25) is 0 Å². The summed E-state index contributed by atoms with van der Waals surface area (Å²) in [6.45, 7) is 3.67. The average Bonchev–Trinajstić information content (AvgIpc) is 2.34. The van der Waals surface area contributed by atoms with E-state index < -0.39 is 0 Å². The molecule has 2 saturated heterocycles. The second-order valence-corrected chi connectivity index (χ2v) is 3.16. The van der Waals surface area contributed by atoms with Gasteiger partial charge in [-0.15, -0.1) is 0 Å². The number of hydrazine groups is 1. The van der Waals surface area contributed by atoms with Crippen molar-refractivity contribution in [2.75, 3.05) is 26.7 Å². The second-order valence-electron chi connectivity index (χ2n) is 3.16. The van der Waals surface area contributed by atoms with E-state index in [4.69, 9.17) is 0 Å². The van der Waals surface area contributed by atoms with Crippen molar-refractivity contribution in [1.82, 2.24) is 15.3 Å². The monoisotopic (exact) mass is 141 g/mol. The Morgan fingerprint density at radius 2 is 2.30 bits per heavy atom. The van der Waals surface area contributed by atoms with Crippen molar-refractivity contribution in [2.45, 2.75) is 19.0 Å². The van der Waals surface area contributed by atoms with Crippen LogP contribution in [0.5, 0.6) is 0 Å². The molecule has 1 unspecified atom stereocenters. The van der Waals surface area contributed by atoms with E-state index in [1.807, 2.05) is 0 Å². The molecule has 0 spiro atoms. The smallest absolute Gasteiger partial charge is 0.0747 e. The summed E-state index contributed by atoms with van der Waals surface area (Å²) in [7, 11) is 2.17. The number of nitrogens with zero attached hydrogens (tertiary/aromatic N) is 2. The highest BCUT2D eigenvalue weighted by atomic mass is 15.7. The summed E-state index contributed by atoms with van der Waals surface area (Å²) in [6.07, 6.45) is 3.23. The molecule has 2 aliphatic rings. The summed E-state index contributed by atoms with van der Waals surface area (Å²) in [6, 6.07) is 0. The van der Waals surface area contributed by atoms with Crippen LogP contribution in [0.25, 0.3) is 0 Å². The van der Waals surface area contributed by atoms with Crippen LogP contribution in [0.15, 0.2) is 0 Å². The van der Waals surface area contributed by atoms with E-state index in [0.717, 1.165) is 0 Å². The molecule has 58 valence electrons. The lowest BCUT2D eigenvalue weighted by molar-refractivity contribution is -0.00677. The Hall–Kier alpha value is -0.120. The van der Waals surface area contributed by atoms with Crippen LogP contribution in [0, 0.1) is 0 Å². The number of hydrogen-bond donors (Lipinski definition) is 1. The average molecular weight is 141 g/mol. The number of rotatable bonds is 0. The minimum Gasteiger partial charge on any atom is -0.301 e. The van der Waals surface area contributed by atoms with Crippen LogP contribution in [0.3, 0.4) is 0 Å². The van der Waals surface area contributed by atoms with E-state index in [0.29, 0.717) is 6.17 Å². The summed E-state index contributed by atoms with van der Waals surface area (Å²) in [5, 5.41) is 8.26. The first-order valence-electron chi connectivity index (χ1n) is 4.09. The zero-order chi connectivity index (χ0) is 6.97. The van der Waals surface area contributed by atoms with Crippen molar-refractivity contribution in [3.05, 3.63) is 0 Å². The van der Waals surface area contributed by atoms with Gasteiger partial charge >= 0.3 is 0 Å². The maximum atomic E-state index is 3.50. The standard InChI is InChI=1S/C7H15N3/c1-9-6-3-7-8-4-2-5-10(7)9/h7-8H,2-6H2,1H3. The second kappa shape index (κ2) is 2.49. The van der Waals surface area contributed by atoms with Crippen LogP contribution in [-0.2, 0) is 0 Å². The van der Waals surface area contributed by atoms with Gasteiger partial charge in [0.15, 0.2) is 0 Å². The van der Waals surface area contributed by atoms with E-state index >= 15 is 0 Å². The van der Waals surface area contributed by atoms with Crippen molar-refractivity contribution in [3.8, 4) is 0 Å². The topological polar surface area (TPSA) is 18.5 Å². The molecule has 3 heteroatoms. The molecule has 0 aromatic carbocycles. The molecule has 0 aromatic heterocycles. The molecule has 0 saturated carbocycles. The first-order chi connectivity index (χ1) is 4.88. The quantitative estimate of drug-likeness (QED) is 0.506. The van der Waals surface area contributed by atoms with E-state index in [-0.39, 0.29) is 0 Å². The fourth-order valence-corrected chi connectivity index (χ4v) is 1.87. The summed E-state index contributed by atoms with van der Waals surface area (Å²) < 4.78 is 0. The van der Waals surface area contributed by atoms with Gasteiger partial charge in [0.05, 0.1) is 6.17 Å². The minimum atomic E-state index is 0.652. The molecule has 2 rings (SSSR count). The summed E-state index contributed by atoms with van der Waals surface area (Å²) >= 11 is 0. The third-order valence-electron chi connectivity index (χ3n) is 2.47. The largest absolute Gasteiger partial charge is 0.301 e. The number of fused-ring (bicyclic) bond motifs is 1. The molecule has 0 radical (unpaired) electrons. The van der Waals surface area contributed by atoms with Gasteiger partial charge in [0.25, 0.3) is 0 Å². The Morgan fingerprint density at radius 3 is 3.10 bits per heavy atom. The molecular weight excluding hydrogens is 126 g/mol. The molecule has 2 heterocycles. The number of nitrogens with one attached hydrogen (secondary N) is 1. The van der Waals surface area contributed by atoms with Crippen molar-refractivity contribution >= 4 is 0 Å². The van der Waals surface area contributed by atoms with Gasteiger partial charge in [-0.05, 0) is 19.4 Å². The van der Waals surface area contributed by atoms with Crippen molar-refractivity contribution in [2.24, 2.45) is 0 Å². The first kappa shape index (κ1) is 6.58. The molecule has 0 bridgehead atoms. The Balaban J connectivity index is 2.01. The molecule has 0 aromatic rings. The van der Waals surface area contributed by atoms with Gasteiger partial charge < -0.3 is 5.32 Å². The van der Waals surface area contributed by atoms with Crippen LogP contribution >= 0.6 is 0 Å². The van der Waals surface area contributed by atoms with Crippen LogP contribution in [-0.4, -0.2) is 42.9 Å². The number of hydrogen-bond acceptors (Lipinski definition) is 3. The van der Waals surface area contributed by atoms with E-state index in [9.17, 15) is 0 Å². The van der Waals surface area contributed by atoms with Gasteiger partial charge in [-0.3, -0.25) is 0 Å². The highest BCUT2D eigenvalue weighted by Crippen LogP contribution is 2.16. The van der Waals surface area contributed by atoms with Crippen molar-refractivity contribution in [1.29, 1.82) is 0 Å². The molecule has 3 nitrogen and oxygen atoms in total. The van der Waals surface area contributed by atoms with E-state index in [1.54, 1.807) is 0 Å². The van der Waals surface area contributed by atoms with E-state index in [2.05, 4.69) is 22.4 Å². The summed E-state index contributed by atoms with van der Waals surface area (Å²) in [4.78, 5) is 0. The maximum absolute atomic E-state index is 3.50. The zero-order valence-corrected chi connectivity index (χ0v) is 6.51. The minimum absolute atomic E-state index is 0.652. The van der Waals surface area contributed by atoms with Crippen molar-refractivity contribution < 1.29 is 0 Å². The Bertz CT molecular complexity index is 124. The fourth-order valence-electron chi connectivity index (χ4n) is 1.87. The third-order valence-corrected chi connectivity index (χ3v) is 2.47. The predicted octanol–water partition coefficient (Wildman–Crippen LogP) is -0.142. The van der Waals surface area contributed by atoms with Gasteiger partial charge in [-0.1, -0.05) is 0 Å². The first-order valence-corrected chi connectivity index (χ1v) is 4.09. The SMILES string of the molecule is CN1CCC2NCCCN21. The zero-order valence-electron chi connectivity index (χ0n) is 6.51. The highest BCUT2D eigenvalue weighted by molar-refractivity contribution is 4.79. The van der Waals surface area contributed by atoms with E-state index in [1.165, 1.54) is 32.5 Å². The Morgan fingerprint density at radius 1 is 1.40 bits per heavy atom. The normalized spacial score (nSPS) is 36.3. The predicted molar refractivity (Wildman–Crippen MR) is 40.4 cm³/mol. The van der Waals surface area contributed by atoms with Crippen LogP contribution in [0.4, 0.5) is 0 Å². The fraction of sp³-hybridized carbons (Fsp3) is 1.00. The summed E-state index contributed by atoms with van der Waals surface area (Å²) in [5.74, 6) is 0. The molecule has 1 N–H and O–H groups in total. The lowest BCUT2D eigenvalue weighted by Gasteiger charge is -2.33. The molecule has 1 atom stereocenters. The van der Waals surface area contributed by atoms with Gasteiger partial charge in [-0.25, -0.2) is 10.0 Å². The Kier molecular flexibility index (Phi) is 1.64. The molecule has 2 aliphatic heterocycles. The molecule has 2 fully saturated rings.